The van der Waals surface area contributed by atoms with Crippen LogP contribution in [-0.2, 0) is 4.79 Å². The van der Waals surface area contributed by atoms with Crippen molar-refractivity contribution in [2.45, 2.75) is 26.3 Å². The number of hydrogen-bond acceptors (Lipinski definition) is 6. The van der Waals surface area contributed by atoms with Crippen LogP contribution in [0.5, 0.6) is 5.06 Å². The number of methoxy groups -OCH3 is 1. The maximum Gasteiger partial charge on any atom is 0.262 e. The first-order valence-electron chi connectivity index (χ1n) is 8.20. The topological polar surface area (TPSA) is 88.6 Å². The van der Waals surface area contributed by atoms with Crippen molar-refractivity contribution in [2.24, 2.45) is 5.92 Å². The number of hydrogen-bond donors (Lipinski definition) is 1. The van der Waals surface area contributed by atoms with Gasteiger partial charge < -0.3 is 10.1 Å². The molecule has 0 radical (unpaired) electrons. The van der Waals surface area contributed by atoms with Crippen LogP contribution in [0.2, 0.25) is 0 Å². The molecule has 0 fully saturated rings. The van der Waals surface area contributed by atoms with Gasteiger partial charge in [-0.1, -0.05) is 37.3 Å². The Balaban J connectivity index is 1.87. The highest BCUT2D eigenvalue weighted by Crippen LogP contribution is 2.29. The maximum absolute atomic E-state index is 12.8. The molecule has 3 rings (SSSR count). The molecule has 1 atom stereocenters. The van der Waals surface area contributed by atoms with Crippen molar-refractivity contribution in [1.29, 1.82) is 0 Å². The zero-order valence-electron chi connectivity index (χ0n) is 14.7. The number of nitrogens with zero attached hydrogens (tertiary/aromatic N) is 2. The lowest BCUT2D eigenvalue weighted by molar-refractivity contribution is -0.120. The number of rotatable bonds is 6. The van der Waals surface area contributed by atoms with Crippen molar-refractivity contribution < 1.29 is 19.1 Å². The minimum absolute atomic E-state index is 0.112. The Hall–Kier alpha value is -2.74. The number of anilines is 1. The van der Waals surface area contributed by atoms with E-state index in [2.05, 4.69) is 10.3 Å². The van der Waals surface area contributed by atoms with Gasteiger partial charge >= 0.3 is 0 Å². The molecule has 136 valence electrons. The molecule has 1 aliphatic heterocycles. The third-order valence-electron chi connectivity index (χ3n) is 4.05. The Labute approximate surface area is 155 Å². The summed E-state index contributed by atoms with van der Waals surface area (Å²) in [6.45, 7) is 3.87. The van der Waals surface area contributed by atoms with E-state index in [0.717, 1.165) is 4.90 Å². The molecule has 7 nitrogen and oxygen atoms in total. The Kier molecular flexibility index (Phi) is 5.03. The Bertz CT molecular complexity index is 827. The van der Waals surface area contributed by atoms with Crippen LogP contribution in [0.15, 0.2) is 30.5 Å². The van der Waals surface area contributed by atoms with Crippen molar-refractivity contribution in [3.63, 3.8) is 0 Å². The average Bonchev–Trinajstić information content (AvgIpc) is 3.16. The number of carbonyl (C=O) groups excluding carboxylic acids is 3. The summed E-state index contributed by atoms with van der Waals surface area (Å²) in [5.74, 6) is -1.21. The molecule has 0 spiro atoms. The predicted molar refractivity (Wildman–Crippen MR) is 97.5 cm³/mol. The van der Waals surface area contributed by atoms with Gasteiger partial charge in [-0.15, -0.1) is 0 Å². The molecule has 3 amide bonds. The van der Waals surface area contributed by atoms with Crippen molar-refractivity contribution in [2.75, 3.05) is 12.4 Å². The monoisotopic (exact) mass is 373 g/mol. The van der Waals surface area contributed by atoms with Gasteiger partial charge in [0.2, 0.25) is 5.91 Å². The molecule has 0 aliphatic carbocycles. The summed E-state index contributed by atoms with van der Waals surface area (Å²) in [6, 6.07) is 5.70. The first-order valence-corrected chi connectivity index (χ1v) is 9.01. The summed E-state index contributed by atoms with van der Waals surface area (Å²) in [7, 11) is 1.51. The smallest absolute Gasteiger partial charge is 0.262 e. The van der Waals surface area contributed by atoms with Gasteiger partial charge in [-0.25, -0.2) is 4.98 Å². The number of fused-ring (bicyclic) bond motifs is 1. The number of benzene rings is 1. The van der Waals surface area contributed by atoms with Gasteiger partial charge in [0.15, 0.2) is 10.2 Å². The van der Waals surface area contributed by atoms with Crippen LogP contribution >= 0.6 is 11.3 Å². The fourth-order valence-electron chi connectivity index (χ4n) is 2.87. The summed E-state index contributed by atoms with van der Waals surface area (Å²) in [5.41, 5.74) is 0.657. The molecule has 1 aromatic heterocycles. The Morgan fingerprint density at radius 2 is 1.85 bits per heavy atom. The van der Waals surface area contributed by atoms with E-state index in [1.807, 2.05) is 13.8 Å². The lowest BCUT2D eigenvalue weighted by atomic mass is 10.0. The van der Waals surface area contributed by atoms with Crippen LogP contribution in [0.25, 0.3) is 0 Å². The van der Waals surface area contributed by atoms with Crippen molar-refractivity contribution in [1.82, 2.24) is 9.88 Å². The first kappa shape index (κ1) is 18.1. The molecule has 2 aromatic rings. The predicted octanol–water partition coefficient (Wildman–Crippen LogP) is 2.80. The van der Waals surface area contributed by atoms with Gasteiger partial charge in [0.05, 0.1) is 24.4 Å². The third-order valence-corrected chi connectivity index (χ3v) is 4.92. The van der Waals surface area contributed by atoms with Crippen LogP contribution in [0.3, 0.4) is 0 Å². The molecule has 2 heterocycles. The highest BCUT2D eigenvalue weighted by Gasteiger charge is 2.42. The van der Waals surface area contributed by atoms with E-state index in [9.17, 15) is 14.4 Å². The van der Waals surface area contributed by atoms with Gasteiger partial charge in [-0.05, 0) is 24.5 Å². The van der Waals surface area contributed by atoms with E-state index in [1.54, 1.807) is 24.3 Å². The highest BCUT2D eigenvalue weighted by atomic mass is 32.1. The molecule has 1 N–H and O–H groups in total. The Morgan fingerprint density at radius 3 is 2.35 bits per heavy atom. The van der Waals surface area contributed by atoms with E-state index < -0.39 is 23.8 Å². The molecule has 0 saturated heterocycles. The normalized spacial score (nSPS) is 14.5. The van der Waals surface area contributed by atoms with Crippen molar-refractivity contribution >= 4 is 34.2 Å². The second kappa shape index (κ2) is 7.25. The average molecular weight is 373 g/mol. The number of amides is 3. The second-order valence-electron chi connectivity index (χ2n) is 6.35. The molecular formula is C18H19N3O4S. The lowest BCUT2D eigenvalue weighted by Crippen LogP contribution is -2.47. The number of ether oxygens (including phenoxy) is 1. The van der Waals surface area contributed by atoms with Crippen LogP contribution in [0.1, 0.15) is 41.0 Å². The highest BCUT2D eigenvalue weighted by molar-refractivity contribution is 7.17. The summed E-state index contributed by atoms with van der Waals surface area (Å²) in [4.78, 5) is 43.4. The van der Waals surface area contributed by atoms with Crippen LogP contribution < -0.4 is 10.1 Å². The van der Waals surface area contributed by atoms with E-state index in [4.69, 9.17) is 4.74 Å². The van der Waals surface area contributed by atoms with E-state index in [-0.39, 0.29) is 5.92 Å². The molecule has 26 heavy (non-hydrogen) atoms. The van der Waals surface area contributed by atoms with Crippen LogP contribution in [-0.4, -0.2) is 40.8 Å². The van der Waals surface area contributed by atoms with E-state index >= 15 is 0 Å². The largest absolute Gasteiger partial charge is 0.486 e. The summed E-state index contributed by atoms with van der Waals surface area (Å²) >= 11 is 1.18. The van der Waals surface area contributed by atoms with Crippen LogP contribution in [0.4, 0.5) is 5.13 Å². The van der Waals surface area contributed by atoms with E-state index in [0.29, 0.717) is 27.7 Å². The number of carbonyl (C=O) groups is 3. The Morgan fingerprint density at radius 1 is 1.23 bits per heavy atom. The quantitative estimate of drug-likeness (QED) is 0.787. The SMILES string of the molecule is COc1cnc(NC(=O)C(CC(C)C)N2C(=O)c3ccccc3C2=O)s1. The number of aromatic nitrogens is 1. The van der Waals surface area contributed by atoms with Gasteiger partial charge in [0.25, 0.3) is 11.8 Å². The third kappa shape index (κ3) is 3.32. The molecule has 0 saturated carbocycles. The molecule has 1 aromatic carbocycles. The second-order valence-corrected chi connectivity index (χ2v) is 7.34. The zero-order chi connectivity index (χ0) is 18.8. The lowest BCUT2D eigenvalue weighted by Gasteiger charge is -2.26. The minimum Gasteiger partial charge on any atom is -0.486 e. The van der Waals surface area contributed by atoms with E-state index in [1.165, 1.54) is 24.6 Å². The zero-order valence-corrected chi connectivity index (χ0v) is 15.5. The standard InChI is InChI=1S/C18H19N3O4S/c1-10(2)8-13(15(22)20-18-19-9-14(25-3)26-18)21-16(23)11-6-4-5-7-12(11)17(21)24/h4-7,9-10,13H,8H2,1-3H3,(H,19,20,22). The van der Waals surface area contributed by atoms with Gasteiger partial charge in [0, 0.05) is 0 Å². The fraction of sp³-hybridized carbons (Fsp3) is 0.333. The molecule has 0 bridgehead atoms. The maximum atomic E-state index is 12.8. The van der Waals surface area contributed by atoms with Gasteiger partial charge in [0.1, 0.15) is 6.04 Å². The minimum atomic E-state index is -0.905. The molecule has 1 aliphatic rings. The summed E-state index contributed by atoms with van der Waals surface area (Å²) in [5, 5.41) is 3.60. The number of nitrogens with one attached hydrogen (secondary N) is 1. The number of imide groups is 1. The molecular weight excluding hydrogens is 354 g/mol. The fourth-order valence-corrected chi connectivity index (χ4v) is 3.50. The van der Waals surface area contributed by atoms with Gasteiger partial charge in [-0.2, -0.15) is 0 Å². The van der Waals surface area contributed by atoms with Crippen molar-refractivity contribution in [3.05, 3.63) is 41.6 Å². The van der Waals surface area contributed by atoms with Gasteiger partial charge in [-0.3, -0.25) is 19.3 Å². The van der Waals surface area contributed by atoms with Crippen molar-refractivity contribution in [3.8, 4) is 5.06 Å². The molecule has 1 unspecified atom stereocenters. The number of thiazole rings is 1. The first-order chi connectivity index (χ1) is 12.4. The molecule has 8 heteroatoms. The van der Waals surface area contributed by atoms with Crippen LogP contribution in [0, 0.1) is 5.92 Å². The summed E-state index contributed by atoms with van der Waals surface area (Å²) in [6.07, 6.45) is 1.86. The summed E-state index contributed by atoms with van der Waals surface area (Å²) < 4.78 is 5.06.